The van der Waals surface area contributed by atoms with Crippen LogP contribution in [0.3, 0.4) is 0 Å². The lowest BCUT2D eigenvalue weighted by molar-refractivity contribution is 1.32. The maximum absolute atomic E-state index is 8.72. The van der Waals surface area contributed by atoms with Gasteiger partial charge in [-0.15, -0.1) is 0 Å². The third kappa shape index (κ3) is 3.17. The van der Waals surface area contributed by atoms with Gasteiger partial charge in [0.25, 0.3) is 0 Å². The molecule has 0 fully saturated rings. The number of nitrogens with zero attached hydrogens (tertiary/aromatic N) is 2. The fraction of sp³-hybridized carbons (Fsp3) is 0.0588. The number of benzene rings is 1. The second-order valence-electron chi connectivity index (χ2n) is 4.26. The first-order valence-electron chi connectivity index (χ1n) is 6.00. The highest BCUT2D eigenvalue weighted by atomic mass is 14.7. The zero-order chi connectivity index (χ0) is 13.7. The number of pyridine rings is 1. The van der Waals surface area contributed by atoms with E-state index in [0.29, 0.717) is 5.57 Å². The Labute approximate surface area is 113 Å². The second kappa shape index (κ2) is 5.79. The van der Waals surface area contributed by atoms with Gasteiger partial charge in [0.05, 0.1) is 11.8 Å². The normalized spacial score (nSPS) is 10.8. The molecule has 2 rings (SSSR count). The highest BCUT2D eigenvalue weighted by molar-refractivity contribution is 5.70. The molecule has 0 aliphatic carbocycles. The number of hydrogen-bond donors (Lipinski definition) is 0. The SMILES string of the molecule is C=C(C#N)/C=C(\C)c1ccc(-c2ccccn2)cc1. The van der Waals surface area contributed by atoms with Gasteiger partial charge in [0.1, 0.15) is 0 Å². The first-order chi connectivity index (χ1) is 9.20. The minimum absolute atomic E-state index is 0.464. The van der Waals surface area contributed by atoms with Gasteiger partial charge in [-0.1, -0.05) is 36.9 Å². The van der Waals surface area contributed by atoms with Crippen LogP contribution in [0.1, 0.15) is 12.5 Å². The van der Waals surface area contributed by atoms with Crippen LogP contribution in [0.4, 0.5) is 0 Å². The Morgan fingerprint density at radius 2 is 1.95 bits per heavy atom. The predicted octanol–water partition coefficient (Wildman–Crippen LogP) is 4.23. The first-order valence-corrected chi connectivity index (χ1v) is 6.00. The van der Waals surface area contributed by atoms with Crippen LogP contribution in [0.15, 0.2) is 66.9 Å². The summed E-state index contributed by atoms with van der Waals surface area (Å²) in [7, 11) is 0. The molecule has 0 unspecified atom stereocenters. The summed E-state index contributed by atoms with van der Waals surface area (Å²) >= 11 is 0. The van der Waals surface area contributed by atoms with E-state index in [0.717, 1.165) is 22.4 Å². The third-order valence-corrected chi connectivity index (χ3v) is 2.84. The topological polar surface area (TPSA) is 36.7 Å². The van der Waals surface area contributed by atoms with Crippen LogP contribution in [-0.2, 0) is 0 Å². The van der Waals surface area contributed by atoms with E-state index in [1.807, 2.05) is 55.5 Å². The lowest BCUT2D eigenvalue weighted by atomic mass is 10.0. The van der Waals surface area contributed by atoms with E-state index in [9.17, 15) is 0 Å². The molecule has 2 heteroatoms. The maximum atomic E-state index is 8.72. The van der Waals surface area contributed by atoms with Crippen molar-refractivity contribution in [2.75, 3.05) is 0 Å². The van der Waals surface area contributed by atoms with Gasteiger partial charge >= 0.3 is 0 Å². The monoisotopic (exact) mass is 246 g/mol. The molecule has 0 amide bonds. The lowest BCUT2D eigenvalue weighted by Gasteiger charge is -2.04. The van der Waals surface area contributed by atoms with Crippen LogP contribution >= 0.6 is 0 Å². The molecule has 0 aliphatic heterocycles. The Balaban J connectivity index is 2.27. The van der Waals surface area contributed by atoms with Crippen molar-refractivity contribution in [3.63, 3.8) is 0 Å². The van der Waals surface area contributed by atoms with Gasteiger partial charge < -0.3 is 0 Å². The van der Waals surface area contributed by atoms with Gasteiger partial charge in [0.15, 0.2) is 0 Å². The summed E-state index contributed by atoms with van der Waals surface area (Å²) in [4.78, 5) is 4.31. The average Bonchev–Trinajstić information content (AvgIpc) is 2.48. The molecule has 1 aromatic carbocycles. The van der Waals surface area contributed by atoms with Crippen LogP contribution in [-0.4, -0.2) is 4.98 Å². The minimum atomic E-state index is 0.464. The summed E-state index contributed by atoms with van der Waals surface area (Å²) in [6.07, 6.45) is 3.57. The van der Waals surface area contributed by atoms with Crippen LogP contribution in [0.2, 0.25) is 0 Å². The summed E-state index contributed by atoms with van der Waals surface area (Å²) < 4.78 is 0. The number of aromatic nitrogens is 1. The van der Waals surface area contributed by atoms with Gasteiger partial charge in [-0.2, -0.15) is 5.26 Å². The van der Waals surface area contributed by atoms with Crippen molar-refractivity contribution in [2.24, 2.45) is 0 Å². The molecule has 0 bridgehead atoms. The molecule has 0 atom stereocenters. The molecule has 92 valence electrons. The second-order valence-corrected chi connectivity index (χ2v) is 4.26. The fourth-order valence-corrected chi connectivity index (χ4v) is 1.81. The quantitative estimate of drug-likeness (QED) is 0.600. The Kier molecular flexibility index (Phi) is 3.90. The van der Waals surface area contributed by atoms with E-state index < -0.39 is 0 Å². The van der Waals surface area contributed by atoms with Crippen molar-refractivity contribution >= 4 is 5.57 Å². The van der Waals surface area contributed by atoms with Gasteiger partial charge in [-0.05, 0) is 36.3 Å². The first kappa shape index (κ1) is 12.8. The Morgan fingerprint density at radius 1 is 1.21 bits per heavy atom. The Hall–Kier alpha value is -2.66. The highest BCUT2D eigenvalue weighted by Crippen LogP contribution is 2.21. The van der Waals surface area contributed by atoms with Crippen molar-refractivity contribution in [1.29, 1.82) is 5.26 Å². The summed E-state index contributed by atoms with van der Waals surface area (Å²) in [5.74, 6) is 0. The lowest BCUT2D eigenvalue weighted by Crippen LogP contribution is -1.84. The molecule has 0 saturated carbocycles. The summed E-state index contributed by atoms with van der Waals surface area (Å²) in [5, 5.41) is 8.72. The fourth-order valence-electron chi connectivity index (χ4n) is 1.81. The van der Waals surface area contributed by atoms with E-state index >= 15 is 0 Å². The summed E-state index contributed by atoms with van der Waals surface area (Å²) in [6, 6.07) is 16.0. The number of allylic oxidation sites excluding steroid dienone is 3. The Bertz CT molecular complexity index is 644. The predicted molar refractivity (Wildman–Crippen MR) is 78.1 cm³/mol. The third-order valence-electron chi connectivity index (χ3n) is 2.84. The zero-order valence-electron chi connectivity index (χ0n) is 10.8. The molecule has 0 N–H and O–H groups in total. The van der Waals surface area contributed by atoms with Gasteiger partial charge in [-0.3, -0.25) is 4.98 Å². The largest absolute Gasteiger partial charge is 0.256 e. The summed E-state index contributed by atoms with van der Waals surface area (Å²) in [5.41, 5.74) is 4.61. The van der Waals surface area contributed by atoms with Crippen molar-refractivity contribution in [2.45, 2.75) is 6.92 Å². The number of rotatable bonds is 3. The number of hydrogen-bond acceptors (Lipinski definition) is 2. The molecule has 1 aromatic heterocycles. The van der Waals surface area contributed by atoms with Crippen molar-refractivity contribution in [3.8, 4) is 17.3 Å². The van der Waals surface area contributed by atoms with Crippen molar-refractivity contribution in [1.82, 2.24) is 4.98 Å². The van der Waals surface area contributed by atoms with Crippen LogP contribution in [0, 0.1) is 11.3 Å². The highest BCUT2D eigenvalue weighted by Gasteiger charge is 2.00. The van der Waals surface area contributed by atoms with E-state index in [4.69, 9.17) is 5.26 Å². The van der Waals surface area contributed by atoms with Crippen LogP contribution in [0.25, 0.3) is 16.8 Å². The molecule has 0 saturated heterocycles. The molecule has 0 spiro atoms. The molecule has 0 radical (unpaired) electrons. The average molecular weight is 246 g/mol. The molecule has 0 aliphatic rings. The minimum Gasteiger partial charge on any atom is -0.256 e. The molecule has 2 nitrogen and oxygen atoms in total. The van der Waals surface area contributed by atoms with E-state index in [1.165, 1.54) is 0 Å². The molecule has 1 heterocycles. The van der Waals surface area contributed by atoms with Crippen LogP contribution < -0.4 is 0 Å². The molecule has 19 heavy (non-hydrogen) atoms. The molecular formula is C17H14N2. The summed E-state index contributed by atoms with van der Waals surface area (Å²) in [6.45, 7) is 5.63. The standard InChI is InChI=1S/C17H14N2/c1-13(12-18)11-14(2)15-6-8-16(9-7-15)17-5-3-4-10-19-17/h3-11H,1H2,2H3/b14-11+. The smallest absolute Gasteiger partial charge is 0.0985 e. The molecule has 2 aromatic rings. The zero-order valence-corrected chi connectivity index (χ0v) is 10.8. The van der Waals surface area contributed by atoms with Gasteiger partial charge in [0.2, 0.25) is 0 Å². The van der Waals surface area contributed by atoms with Crippen LogP contribution in [0.5, 0.6) is 0 Å². The van der Waals surface area contributed by atoms with Gasteiger partial charge in [0, 0.05) is 17.3 Å². The van der Waals surface area contributed by atoms with E-state index in [-0.39, 0.29) is 0 Å². The van der Waals surface area contributed by atoms with Crippen molar-refractivity contribution in [3.05, 3.63) is 72.5 Å². The molecular weight excluding hydrogens is 232 g/mol. The maximum Gasteiger partial charge on any atom is 0.0985 e. The van der Waals surface area contributed by atoms with Gasteiger partial charge in [-0.25, -0.2) is 0 Å². The number of nitriles is 1. The van der Waals surface area contributed by atoms with E-state index in [2.05, 4.69) is 11.6 Å². The van der Waals surface area contributed by atoms with Crippen molar-refractivity contribution < 1.29 is 0 Å². The Morgan fingerprint density at radius 3 is 2.53 bits per heavy atom. The van der Waals surface area contributed by atoms with E-state index in [1.54, 1.807) is 12.3 Å².